The van der Waals surface area contributed by atoms with Crippen molar-refractivity contribution in [2.45, 2.75) is 12.8 Å². The number of para-hydroxylation sites is 1. The second kappa shape index (κ2) is 10.6. The summed E-state index contributed by atoms with van der Waals surface area (Å²) in [5.41, 5.74) is 0.704. The Balaban J connectivity index is 2.40. The highest BCUT2D eigenvalue weighted by molar-refractivity contribution is 5.97. The molecule has 152 valence electrons. The van der Waals surface area contributed by atoms with Gasteiger partial charge in [-0.1, -0.05) is 42.5 Å². The summed E-state index contributed by atoms with van der Waals surface area (Å²) >= 11 is 0. The third kappa shape index (κ3) is 6.17. The highest BCUT2D eigenvalue weighted by Gasteiger charge is 2.24. The number of carbonyl (C=O) groups is 2. The van der Waals surface area contributed by atoms with Gasteiger partial charge in [0.15, 0.2) is 0 Å². The molecule has 29 heavy (non-hydrogen) atoms. The van der Waals surface area contributed by atoms with Crippen LogP contribution in [0.5, 0.6) is 5.75 Å². The van der Waals surface area contributed by atoms with Crippen molar-refractivity contribution in [3.05, 3.63) is 87.7 Å². The molecule has 0 aliphatic heterocycles. The maximum atomic E-state index is 12.6. The van der Waals surface area contributed by atoms with Crippen LogP contribution in [0.2, 0.25) is 0 Å². The minimum atomic E-state index is -0.889. The summed E-state index contributed by atoms with van der Waals surface area (Å²) in [4.78, 5) is 35.6. The van der Waals surface area contributed by atoms with Gasteiger partial charge in [0, 0.05) is 4.92 Å². The third-order valence-corrected chi connectivity index (χ3v) is 3.93. The number of hydrogen-bond donors (Lipinski definition) is 0. The zero-order valence-corrected chi connectivity index (χ0v) is 16.1. The molecule has 0 aromatic heterocycles. The number of ether oxygens (including phenoxy) is 3. The van der Waals surface area contributed by atoms with Gasteiger partial charge in [-0.25, -0.2) is 9.59 Å². The average molecular weight is 399 g/mol. The number of carbonyl (C=O) groups excluding carboxylic acids is 2. The normalized spacial score (nSPS) is 12.0. The molecule has 0 aliphatic rings. The van der Waals surface area contributed by atoms with Crippen molar-refractivity contribution in [1.29, 1.82) is 0 Å². The van der Waals surface area contributed by atoms with E-state index in [4.69, 9.17) is 14.2 Å². The van der Waals surface area contributed by atoms with Gasteiger partial charge in [-0.05, 0) is 30.7 Å². The van der Waals surface area contributed by atoms with E-state index in [1.54, 1.807) is 55.5 Å². The van der Waals surface area contributed by atoms with Gasteiger partial charge in [0.25, 0.3) is 0 Å². The van der Waals surface area contributed by atoms with Gasteiger partial charge in [-0.3, -0.25) is 10.1 Å². The van der Waals surface area contributed by atoms with Crippen molar-refractivity contribution in [3.63, 3.8) is 0 Å². The molecule has 0 amide bonds. The highest BCUT2D eigenvalue weighted by Crippen LogP contribution is 2.23. The molecule has 0 unspecified atom stereocenters. The molecule has 2 rings (SSSR count). The molecule has 0 saturated heterocycles. The molecule has 2 aromatic rings. The van der Waals surface area contributed by atoms with Crippen LogP contribution < -0.4 is 4.74 Å². The lowest BCUT2D eigenvalue weighted by Crippen LogP contribution is -2.18. The smallest absolute Gasteiger partial charge is 0.374 e. The Hall–Kier alpha value is -3.68. The van der Waals surface area contributed by atoms with E-state index in [1.807, 2.05) is 0 Å². The summed E-state index contributed by atoms with van der Waals surface area (Å²) in [6, 6.07) is 14.9. The molecule has 0 spiro atoms. The van der Waals surface area contributed by atoms with Gasteiger partial charge in [0.2, 0.25) is 12.3 Å². The Morgan fingerprint density at radius 2 is 1.76 bits per heavy atom. The van der Waals surface area contributed by atoms with Crippen molar-refractivity contribution < 1.29 is 28.7 Å². The molecule has 0 N–H and O–H groups in total. The second-order valence-corrected chi connectivity index (χ2v) is 5.87. The minimum absolute atomic E-state index is 0.0492. The second-order valence-electron chi connectivity index (χ2n) is 5.87. The first-order chi connectivity index (χ1) is 14.0. The van der Waals surface area contributed by atoms with Gasteiger partial charge in [0.05, 0.1) is 19.6 Å². The third-order valence-electron chi connectivity index (χ3n) is 3.93. The van der Waals surface area contributed by atoms with E-state index in [9.17, 15) is 19.7 Å². The molecule has 2 aromatic carbocycles. The summed E-state index contributed by atoms with van der Waals surface area (Å²) < 4.78 is 15.4. The fourth-order valence-electron chi connectivity index (χ4n) is 2.61. The van der Waals surface area contributed by atoms with Gasteiger partial charge in [-0.2, -0.15) is 0 Å². The Morgan fingerprint density at radius 3 is 2.38 bits per heavy atom. The topological polar surface area (TPSA) is 105 Å². The number of esters is 2. The average Bonchev–Trinajstić information content (AvgIpc) is 2.73. The van der Waals surface area contributed by atoms with Crippen molar-refractivity contribution in [2.24, 2.45) is 0 Å². The fraction of sp³-hybridized carbons (Fsp3) is 0.238. The molecule has 1 atom stereocenters. The standard InChI is InChI=1S/C21H21NO7/c1-3-28-21(24)19(29-20(23)17-11-7-8-12-18(17)27-2)13-16(14-22(25)26)15-9-5-4-6-10-15/h4-13,16H,3,14H2,1-2H3/b19-13-/t16-/m0/s1. The monoisotopic (exact) mass is 399 g/mol. The Morgan fingerprint density at radius 1 is 1.10 bits per heavy atom. The van der Waals surface area contributed by atoms with Gasteiger partial charge < -0.3 is 14.2 Å². The maximum Gasteiger partial charge on any atom is 0.374 e. The number of nitrogens with zero attached hydrogens (tertiary/aromatic N) is 1. The van der Waals surface area contributed by atoms with Crippen molar-refractivity contribution in [1.82, 2.24) is 0 Å². The van der Waals surface area contributed by atoms with Crippen molar-refractivity contribution in [3.8, 4) is 5.75 Å². The number of nitro groups is 1. The van der Waals surface area contributed by atoms with Gasteiger partial charge >= 0.3 is 11.9 Å². The van der Waals surface area contributed by atoms with Gasteiger partial charge in [-0.15, -0.1) is 0 Å². The first-order valence-electron chi connectivity index (χ1n) is 8.87. The van der Waals surface area contributed by atoms with Crippen LogP contribution in [-0.4, -0.2) is 37.1 Å². The zero-order chi connectivity index (χ0) is 21.2. The van der Waals surface area contributed by atoms with Crippen LogP contribution in [0.3, 0.4) is 0 Å². The number of methoxy groups -OCH3 is 1. The molecular weight excluding hydrogens is 378 g/mol. The molecule has 0 aliphatic carbocycles. The maximum absolute atomic E-state index is 12.6. The quantitative estimate of drug-likeness (QED) is 0.209. The first kappa shape index (κ1) is 21.6. The highest BCUT2D eigenvalue weighted by atomic mass is 16.6. The largest absolute Gasteiger partial charge is 0.496 e. The van der Waals surface area contributed by atoms with E-state index in [1.165, 1.54) is 19.3 Å². The fourth-order valence-corrected chi connectivity index (χ4v) is 2.61. The zero-order valence-electron chi connectivity index (χ0n) is 16.1. The summed E-state index contributed by atoms with van der Waals surface area (Å²) in [7, 11) is 1.40. The molecule has 0 radical (unpaired) electrons. The van der Waals surface area contributed by atoms with E-state index in [0.29, 0.717) is 5.56 Å². The molecule has 8 nitrogen and oxygen atoms in total. The van der Waals surface area contributed by atoms with E-state index in [0.717, 1.165) is 0 Å². The summed E-state index contributed by atoms with van der Waals surface area (Å²) in [6.45, 7) is 1.16. The van der Waals surface area contributed by atoms with Crippen LogP contribution in [-0.2, 0) is 14.3 Å². The van der Waals surface area contributed by atoms with Crippen LogP contribution in [0.4, 0.5) is 0 Å². The summed E-state index contributed by atoms with van der Waals surface area (Å²) in [5, 5.41) is 11.1. The summed E-state index contributed by atoms with van der Waals surface area (Å²) in [5.74, 6) is -2.67. The van der Waals surface area contributed by atoms with Crippen LogP contribution in [0, 0.1) is 10.1 Å². The summed E-state index contributed by atoms with van der Waals surface area (Å²) in [6.07, 6.45) is 1.24. The van der Waals surface area contributed by atoms with E-state index >= 15 is 0 Å². The van der Waals surface area contributed by atoms with Crippen molar-refractivity contribution >= 4 is 11.9 Å². The minimum Gasteiger partial charge on any atom is -0.496 e. The lowest BCUT2D eigenvalue weighted by molar-refractivity contribution is -0.481. The van der Waals surface area contributed by atoms with Gasteiger partial charge in [0.1, 0.15) is 11.3 Å². The first-order valence-corrected chi connectivity index (χ1v) is 8.87. The molecule has 8 heteroatoms. The predicted octanol–water partition coefficient (Wildman–Crippen LogP) is 3.36. The van der Waals surface area contributed by atoms with E-state index in [-0.39, 0.29) is 17.9 Å². The molecule has 0 heterocycles. The predicted molar refractivity (Wildman–Crippen MR) is 104 cm³/mol. The number of benzene rings is 2. The van der Waals surface area contributed by atoms with Crippen molar-refractivity contribution in [2.75, 3.05) is 20.3 Å². The van der Waals surface area contributed by atoms with Crippen LogP contribution >= 0.6 is 0 Å². The van der Waals surface area contributed by atoms with E-state index in [2.05, 4.69) is 0 Å². The lowest BCUT2D eigenvalue weighted by Gasteiger charge is -2.13. The number of hydrogen-bond acceptors (Lipinski definition) is 7. The van der Waals surface area contributed by atoms with Crippen LogP contribution in [0.15, 0.2) is 66.4 Å². The Kier molecular flexibility index (Phi) is 7.90. The molecule has 0 fully saturated rings. The Bertz CT molecular complexity index is 893. The molecule has 0 bridgehead atoms. The SMILES string of the molecule is CCOC(=O)/C(=C/[C@@H](C[N+](=O)[O-])c1ccccc1)OC(=O)c1ccccc1OC. The van der Waals surface area contributed by atoms with Crippen LogP contribution in [0.1, 0.15) is 28.8 Å². The molecular formula is C21H21NO7. The number of rotatable bonds is 9. The lowest BCUT2D eigenvalue weighted by atomic mass is 9.98. The van der Waals surface area contributed by atoms with E-state index < -0.39 is 35.1 Å². The van der Waals surface area contributed by atoms with Crippen LogP contribution in [0.25, 0.3) is 0 Å². The Labute approximate surface area is 167 Å². The molecule has 0 saturated carbocycles.